The van der Waals surface area contributed by atoms with Crippen LogP contribution in [-0.2, 0) is 0 Å². The summed E-state index contributed by atoms with van der Waals surface area (Å²) in [5.41, 5.74) is 0. The van der Waals surface area contributed by atoms with Crippen LogP contribution in [0.15, 0.2) is 4.99 Å². The lowest BCUT2D eigenvalue weighted by Crippen LogP contribution is -2.35. The Kier molecular flexibility index (Phi) is 13.7. The number of nitrogens with zero attached hydrogens (tertiary/aromatic N) is 3. The maximum atomic E-state index is 4.67. The van der Waals surface area contributed by atoms with E-state index >= 15 is 0 Å². The maximum Gasteiger partial charge on any atom is 0.195 e. The lowest BCUT2D eigenvalue weighted by Gasteiger charge is -2.22. The van der Waals surface area contributed by atoms with E-state index in [1.165, 1.54) is 70.6 Å². The van der Waals surface area contributed by atoms with Crippen molar-refractivity contribution in [2.45, 2.75) is 77.6 Å². The monoisotopic (exact) mass is 297 g/mol. The number of guanidine groups is 1. The van der Waals surface area contributed by atoms with Crippen molar-refractivity contribution in [2.75, 3.05) is 34.7 Å². The Morgan fingerprint density at radius 2 is 1.00 bits per heavy atom. The lowest BCUT2D eigenvalue weighted by molar-refractivity contribution is 0.477. The molecule has 3 nitrogen and oxygen atoms in total. The molecule has 0 aliphatic carbocycles. The normalized spacial score (nSPS) is 10.5. The van der Waals surface area contributed by atoms with E-state index in [4.69, 9.17) is 0 Å². The molecular formula is C18H39N3. The third-order valence-corrected chi connectivity index (χ3v) is 3.81. The summed E-state index contributed by atoms with van der Waals surface area (Å²) < 4.78 is 0. The summed E-state index contributed by atoms with van der Waals surface area (Å²) >= 11 is 0. The predicted octanol–water partition coefficient (Wildman–Crippen LogP) is 4.78. The van der Waals surface area contributed by atoms with Crippen LogP contribution in [0.3, 0.4) is 0 Å². The van der Waals surface area contributed by atoms with Crippen molar-refractivity contribution >= 4 is 5.96 Å². The van der Waals surface area contributed by atoms with E-state index in [0.717, 1.165) is 12.5 Å². The van der Waals surface area contributed by atoms with Gasteiger partial charge in [0.2, 0.25) is 0 Å². The Balaban J connectivity index is 3.38. The topological polar surface area (TPSA) is 18.8 Å². The zero-order chi connectivity index (χ0) is 15.9. The second-order valence-electron chi connectivity index (χ2n) is 6.51. The van der Waals surface area contributed by atoms with Crippen molar-refractivity contribution in [2.24, 2.45) is 4.99 Å². The summed E-state index contributed by atoms with van der Waals surface area (Å²) in [6.45, 7) is 3.24. The molecule has 0 saturated heterocycles. The molecule has 0 aromatic carbocycles. The molecule has 0 atom stereocenters. The van der Waals surface area contributed by atoms with Crippen molar-refractivity contribution in [3.05, 3.63) is 0 Å². The molecule has 0 aliphatic rings. The summed E-state index contributed by atoms with van der Waals surface area (Å²) in [4.78, 5) is 8.83. The zero-order valence-corrected chi connectivity index (χ0v) is 15.3. The Labute approximate surface area is 133 Å². The SMILES string of the molecule is CCCCCCCCCCCCCN=C(N(C)C)N(C)C. The second kappa shape index (κ2) is 14.2. The van der Waals surface area contributed by atoms with E-state index in [9.17, 15) is 0 Å². The first-order chi connectivity index (χ1) is 10.1. The minimum Gasteiger partial charge on any atom is -0.349 e. The average molecular weight is 298 g/mol. The lowest BCUT2D eigenvalue weighted by atomic mass is 10.1. The summed E-state index contributed by atoms with van der Waals surface area (Å²) in [7, 11) is 8.22. The summed E-state index contributed by atoms with van der Waals surface area (Å²) in [6, 6.07) is 0. The summed E-state index contributed by atoms with van der Waals surface area (Å²) in [5, 5.41) is 0. The van der Waals surface area contributed by atoms with Gasteiger partial charge in [-0.15, -0.1) is 0 Å². The molecule has 21 heavy (non-hydrogen) atoms. The number of hydrogen-bond donors (Lipinski definition) is 0. The van der Waals surface area contributed by atoms with E-state index in [1.807, 2.05) is 0 Å². The van der Waals surface area contributed by atoms with Gasteiger partial charge in [-0.2, -0.15) is 0 Å². The molecule has 0 rings (SSSR count). The fraction of sp³-hybridized carbons (Fsp3) is 0.944. The fourth-order valence-corrected chi connectivity index (χ4v) is 2.64. The van der Waals surface area contributed by atoms with Crippen LogP contribution in [0.4, 0.5) is 0 Å². The Hall–Kier alpha value is -0.730. The number of aliphatic imine (C=N–C) groups is 1. The smallest absolute Gasteiger partial charge is 0.195 e. The van der Waals surface area contributed by atoms with Crippen LogP contribution < -0.4 is 0 Å². The zero-order valence-electron chi connectivity index (χ0n) is 15.3. The van der Waals surface area contributed by atoms with Crippen LogP contribution in [0.5, 0.6) is 0 Å². The van der Waals surface area contributed by atoms with Gasteiger partial charge < -0.3 is 9.80 Å². The van der Waals surface area contributed by atoms with Crippen molar-refractivity contribution in [3.8, 4) is 0 Å². The van der Waals surface area contributed by atoms with E-state index in [-0.39, 0.29) is 0 Å². The van der Waals surface area contributed by atoms with Crippen molar-refractivity contribution in [3.63, 3.8) is 0 Å². The third kappa shape index (κ3) is 12.7. The minimum atomic E-state index is 0.961. The number of hydrogen-bond acceptors (Lipinski definition) is 1. The first kappa shape index (κ1) is 20.3. The van der Waals surface area contributed by atoms with Crippen molar-refractivity contribution in [1.29, 1.82) is 0 Å². The van der Waals surface area contributed by atoms with E-state index < -0.39 is 0 Å². The Morgan fingerprint density at radius 3 is 1.38 bits per heavy atom. The van der Waals surface area contributed by atoms with Gasteiger partial charge in [-0.05, 0) is 6.42 Å². The molecule has 0 amide bonds. The van der Waals surface area contributed by atoms with Crippen LogP contribution in [0.1, 0.15) is 77.6 Å². The molecule has 0 aliphatic heterocycles. The highest BCUT2D eigenvalue weighted by Gasteiger charge is 2.02. The van der Waals surface area contributed by atoms with Crippen molar-refractivity contribution in [1.82, 2.24) is 9.80 Å². The largest absolute Gasteiger partial charge is 0.349 e. The maximum absolute atomic E-state index is 4.67. The van der Waals surface area contributed by atoms with Crippen molar-refractivity contribution < 1.29 is 0 Å². The Morgan fingerprint density at radius 1 is 0.619 bits per heavy atom. The first-order valence-electron chi connectivity index (χ1n) is 8.98. The quantitative estimate of drug-likeness (QED) is 0.293. The molecule has 0 heterocycles. The van der Waals surface area contributed by atoms with E-state index in [2.05, 4.69) is 49.9 Å². The Bertz CT molecular complexity index is 237. The van der Waals surface area contributed by atoms with E-state index in [0.29, 0.717) is 0 Å². The van der Waals surface area contributed by atoms with Crippen LogP contribution in [0, 0.1) is 0 Å². The molecule has 0 radical (unpaired) electrons. The molecule has 0 fully saturated rings. The molecule has 0 aromatic heterocycles. The summed E-state index contributed by atoms with van der Waals surface area (Å²) in [5.74, 6) is 1.07. The number of rotatable bonds is 12. The van der Waals surface area contributed by atoms with Gasteiger partial charge in [0.25, 0.3) is 0 Å². The molecule has 0 spiro atoms. The van der Waals surface area contributed by atoms with Crippen LogP contribution in [0.25, 0.3) is 0 Å². The molecule has 0 bridgehead atoms. The molecule has 0 unspecified atom stereocenters. The van der Waals surface area contributed by atoms with Crippen LogP contribution in [0.2, 0.25) is 0 Å². The molecule has 3 heteroatoms. The molecule has 0 aromatic rings. The summed E-state index contributed by atoms with van der Waals surface area (Å²) in [6.07, 6.45) is 15.3. The number of unbranched alkanes of at least 4 members (excludes halogenated alkanes) is 10. The molecule has 0 N–H and O–H groups in total. The van der Waals surface area contributed by atoms with E-state index in [1.54, 1.807) is 0 Å². The predicted molar refractivity (Wildman–Crippen MR) is 96.1 cm³/mol. The van der Waals surface area contributed by atoms with Gasteiger partial charge >= 0.3 is 0 Å². The molecule has 0 saturated carbocycles. The molecule has 126 valence electrons. The molecular weight excluding hydrogens is 258 g/mol. The average Bonchev–Trinajstić information content (AvgIpc) is 2.43. The highest BCUT2D eigenvalue weighted by atomic mass is 15.3. The van der Waals surface area contributed by atoms with Gasteiger partial charge in [0.05, 0.1) is 0 Å². The van der Waals surface area contributed by atoms with Gasteiger partial charge in [0.1, 0.15) is 0 Å². The van der Waals surface area contributed by atoms with Gasteiger partial charge in [-0.25, -0.2) is 0 Å². The first-order valence-corrected chi connectivity index (χ1v) is 8.98. The van der Waals surface area contributed by atoms with Gasteiger partial charge in [-0.3, -0.25) is 4.99 Å². The van der Waals surface area contributed by atoms with Crippen LogP contribution in [-0.4, -0.2) is 50.5 Å². The van der Waals surface area contributed by atoms with Gasteiger partial charge in [-0.1, -0.05) is 71.1 Å². The highest BCUT2D eigenvalue weighted by molar-refractivity contribution is 5.79. The van der Waals surface area contributed by atoms with Crippen LogP contribution >= 0.6 is 0 Å². The van der Waals surface area contributed by atoms with Gasteiger partial charge in [0, 0.05) is 34.7 Å². The minimum absolute atomic E-state index is 0.961. The fourth-order valence-electron chi connectivity index (χ4n) is 2.64. The van der Waals surface area contributed by atoms with Gasteiger partial charge in [0.15, 0.2) is 5.96 Å². The standard InChI is InChI=1S/C18H39N3/c1-6-7-8-9-10-11-12-13-14-15-16-17-19-18(20(2)3)21(4)5/h6-17H2,1-5H3. The highest BCUT2D eigenvalue weighted by Crippen LogP contribution is 2.11. The second-order valence-corrected chi connectivity index (χ2v) is 6.51. The third-order valence-electron chi connectivity index (χ3n) is 3.81.